The molecule has 1 aliphatic heterocycles. The lowest BCUT2D eigenvalue weighted by Gasteiger charge is -2.15. The Morgan fingerprint density at radius 1 is 1.20 bits per heavy atom. The van der Waals surface area contributed by atoms with E-state index in [0.29, 0.717) is 20.8 Å². The van der Waals surface area contributed by atoms with E-state index in [0.717, 1.165) is 19.5 Å². The molecule has 82 valence electrons. The Morgan fingerprint density at radius 3 is 2.40 bits per heavy atom. The number of ether oxygens (including phenoxy) is 1. The minimum Gasteiger partial charge on any atom is -0.486 e. The molecule has 1 N–H and O–H groups in total. The molecule has 1 aromatic rings. The monoisotopic (exact) mass is 265 g/mol. The van der Waals surface area contributed by atoms with E-state index in [1.54, 1.807) is 12.1 Å². The molecule has 0 spiro atoms. The van der Waals surface area contributed by atoms with E-state index in [4.69, 9.17) is 39.5 Å². The van der Waals surface area contributed by atoms with Gasteiger partial charge in [-0.05, 0) is 25.1 Å². The lowest BCUT2D eigenvalue weighted by molar-refractivity contribution is 0.223. The van der Waals surface area contributed by atoms with Crippen molar-refractivity contribution in [3.05, 3.63) is 27.2 Å². The first-order valence-corrected chi connectivity index (χ1v) is 5.82. The van der Waals surface area contributed by atoms with Gasteiger partial charge < -0.3 is 10.1 Å². The Labute approximate surface area is 103 Å². The van der Waals surface area contributed by atoms with Crippen LogP contribution in [0.4, 0.5) is 0 Å². The van der Waals surface area contributed by atoms with Crippen LogP contribution in [-0.4, -0.2) is 19.2 Å². The quantitative estimate of drug-likeness (QED) is 0.886. The van der Waals surface area contributed by atoms with Crippen molar-refractivity contribution < 1.29 is 4.74 Å². The van der Waals surface area contributed by atoms with Gasteiger partial charge in [-0.25, -0.2) is 0 Å². The lowest BCUT2D eigenvalue weighted by Crippen LogP contribution is -2.19. The predicted molar refractivity (Wildman–Crippen MR) is 63.4 cm³/mol. The second kappa shape index (κ2) is 4.79. The average molecular weight is 267 g/mol. The van der Waals surface area contributed by atoms with Crippen LogP contribution in [0.5, 0.6) is 5.75 Å². The molecule has 0 amide bonds. The second-order valence-electron chi connectivity index (χ2n) is 3.43. The lowest BCUT2D eigenvalue weighted by atomic mass is 10.3. The third-order valence-electron chi connectivity index (χ3n) is 2.26. The molecule has 0 unspecified atom stereocenters. The third kappa shape index (κ3) is 2.70. The van der Waals surface area contributed by atoms with Crippen LogP contribution in [0.3, 0.4) is 0 Å². The molecule has 2 nitrogen and oxygen atoms in total. The molecule has 1 atom stereocenters. The van der Waals surface area contributed by atoms with E-state index in [1.165, 1.54) is 0 Å². The molecule has 0 aromatic heterocycles. The topological polar surface area (TPSA) is 21.3 Å². The first kappa shape index (κ1) is 11.3. The van der Waals surface area contributed by atoms with E-state index < -0.39 is 0 Å². The maximum atomic E-state index is 6.00. The summed E-state index contributed by atoms with van der Waals surface area (Å²) in [6.07, 6.45) is 1.11. The summed E-state index contributed by atoms with van der Waals surface area (Å²) >= 11 is 17.8. The van der Waals surface area contributed by atoms with Crippen molar-refractivity contribution in [2.45, 2.75) is 12.5 Å². The van der Waals surface area contributed by atoms with E-state index in [1.807, 2.05) is 0 Å². The van der Waals surface area contributed by atoms with Crippen LogP contribution in [0.2, 0.25) is 15.1 Å². The van der Waals surface area contributed by atoms with Crippen molar-refractivity contribution >= 4 is 34.8 Å². The summed E-state index contributed by atoms with van der Waals surface area (Å²) in [5, 5.41) is 4.64. The molecule has 0 bridgehead atoms. The average Bonchev–Trinajstić information content (AvgIpc) is 2.63. The van der Waals surface area contributed by atoms with Crippen molar-refractivity contribution in [2.75, 3.05) is 13.1 Å². The molecule has 1 saturated heterocycles. The van der Waals surface area contributed by atoms with Crippen LogP contribution in [0.25, 0.3) is 0 Å². The number of halogens is 3. The highest BCUT2D eigenvalue weighted by Crippen LogP contribution is 2.36. The van der Waals surface area contributed by atoms with Crippen LogP contribution in [0.1, 0.15) is 6.42 Å². The molecule has 1 fully saturated rings. The molecular weight excluding hydrogens is 256 g/mol. The second-order valence-corrected chi connectivity index (χ2v) is 4.68. The van der Waals surface area contributed by atoms with E-state index in [2.05, 4.69) is 5.32 Å². The molecule has 1 heterocycles. The summed E-state index contributed by atoms with van der Waals surface area (Å²) in [4.78, 5) is 0. The smallest absolute Gasteiger partial charge is 0.157 e. The molecule has 2 rings (SSSR count). The van der Waals surface area contributed by atoms with Gasteiger partial charge >= 0.3 is 0 Å². The van der Waals surface area contributed by atoms with Crippen LogP contribution in [0, 0.1) is 0 Å². The normalized spacial score (nSPS) is 20.6. The van der Waals surface area contributed by atoms with Crippen molar-refractivity contribution in [3.8, 4) is 5.75 Å². The van der Waals surface area contributed by atoms with E-state index >= 15 is 0 Å². The van der Waals surface area contributed by atoms with Gasteiger partial charge in [0.05, 0.1) is 10.0 Å². The summed E-state index contributed by atoms with van der Waals surface area (Å²) in [6, 6.07) is 3.26. The Kier molecular flexibility index (Phi) is 3.62. The zero-order valence-corrected chi connectivity index (χ0v) is 10.2. The molecule has 0 saturated carbocycles. The first-order chi connectivity index (χ1) is 7.16. The highest BCUT2D eigenvalue weighted by molar-refractivity contribution is 6.40. The molecule has 0 radical (unpaired) electrons. The SMILES string of the molecule is Clc1cc(Cl)c(O[C@H]2CCNC2)c(Cl)c1. The highest BCUT2D eigenvalue weighted by atomic mass is 35.5. The molecular formula is C10H10Cl3NO. The fourth-order valence-electron chi connectivity index (χ4n) is 1.54. The number of hydrogen-bond acceptors (Lipinski definition) is 2. The van der Waals surface area contributed by atoms with Gasteiger partial charge in [0.2, 0.25) is 0 Å². The molecule has 15 heavy (non-hydrogen) atoms. The summed E-state index contributed by atoms with van der Waals surface area (Å²) in [5.41, 5.74) is 0. The van der Waals surface area contributed by atoms with Gasteiger partial charge in [0.1, 0.15) is 6.10 Å². The summed E-state index contributed by atoms with van der Waals surface area (Å²) in [5.74, 6) is 0.524. The number of rotatable bonds is 2. The van der Waals surface area contributed by atoms with Crippen LogP contribution in [-0.2, 0) is 0 Å². The fourth-order valence-corrected chi connectivity index (χ4v) is 2.44. The van der Waals surface area contributed by atoms with Gasteiger partial charge in [-0.2, -0.15) is 0 Å². The number of nitrogens with one attached hydrogen (secondary N) is 1. The maximum absolute atomic E-state index is 6.00. The Balaban J connectivity index is 2.19. The van der Waals surface area contributed by atoms with E-state index in [9.17, 15) is 0 Å². The first-order valence-electron chi connectivity index (χ1n) is 4.69. The minimum absolute atomic E-state index is 0.140. The highest BCUT2D eigenvalue weighted by Gasteiger charge is 2.19. The number of benzene rings is 1. The molecule has 1 aromatic carbocycles. The Hall–Kier alpha value is -0.150. The maximum Gasteiger partial charge on any atom is 0.157 e. The largest absolute Gasteiger partial charge is 0.486 e. The Bertz CT molecular complexity index is 341. The summed E-state index contributed by atoms with van der Waals surface area (Å²) in [7, 11) is 0. The van der Waals surface area contributed by atoms with Crippen LogP contribution < -0.4 is 10.1 Å². The zero-order valence-electron chi connectivity index (χ0n) is 7.90. The van der Waals surface area contributed by atoms with Crippen molar-refractivity contribution in [3.63, 3.8) is 0 Å². The van der Waals surface area contributed by atoms with Crippen molar-refractivity contribution in [2.24, 2.45) is 0 Å². The number of hydrogen-bond donors (Lipinski definition) is 1. The zero-order chi connectivity index (χ0) is 10.8. The fraction of sp³-hybridized carbons (Fsp3) is 0.400. The van der Waals surface area contributed by atoms with Crippen molar-refractivity contribution in [1.82, 2.24) is 5.32 Å². The van der Waals surface area contributed by atoms with Crippen LogP contribution in [0.15, 0.2) is 12.1 Å². The van der Waals surface area contributed by atoms with Crippen molar-refractivity contribution in [1.29, 1.82) is 0 Å². The van der Waals surface area contributed by atoms with Gasteiger partial charge in [0, 0.05) is 11.6 Å². The molecule has 1 aliphatic rings. The van der Waals surface area contributed by atoms with Gasteiger partial charge in [-0.1, -0.05) is 34.8 Å². The minimum atomic E-state index is 0.140. The predicted octanol–water partition coefficient (Wildman–Crippen LogP) is 3.39. The van der Waals surface area contributed by atoms with E-state index in [-0.39, 0.29) is 6.10 Å². The Morgan fingerprint density at radius 2 is 1.87 bits per heavy atom. The van der Waals surface area contributed by atoms with Gasteiger partial charge in [0.15, 0.2) is 5.75 Å². The third-order valence-corrected chi connectivity index (χ3v) is 3.04. The van der Waals surface area contributed by atoms with Gasteiger partial charge in [0.25, 0.3) is 0 Å². The molecule has 5 heteroatoms. The van der Waals surface area contributed by atoms with Gasteiger partial charge in [-0.3, -0.25) is 0 Å². The van der Waals surface area contributed by atoms with Gasteiger partial charge in [-0.15, -0.1) is 0 Å². The summed E-state index contributed by atoms with van der Waals surface area (Å²) < 4.78 is 5.71. The van der Waals surface area contributed by atoms with Crippen LogP contribution >= 0.6 is 34.8 Å². The molecule has 0 aliphatic carbocycles. The standard InChI is InChI=1S/C10H10Cl3NO/c11-6-3-8(12)10(9(13)4-6)15-7-1-2-14-5-7/h3-4,7,14H,1-2,5H2/t7-/m0/s1. The summed E-state index contributed by atoms with van der Waals surface area (Å²) in [6.45, 7) is 1.79.